The Balaban J connectivity index is 1.99. The molecule has 0 spiro atoms. The van der Waals surface area contributed by atoms with E-state index in [0.29, 0.717) is 11.1 Å². The van der Waals surface area contributed by atoms with Crippen LogP contribution < -0.4 is 5.32 Å². The summed E-state index contributed by atoms with van der Waals surface area (Å²) in [6.07, 6.45) is -0.196. The van der Waals surface area contributed by atoms with E-state index in [-0.39, 0.29) is 19.6 Å². The number of benzene rings is 1. The molecule has 8 heteroatoms. The van der Waals surface area contributed by atoms with Crippen molar-refractivity contribution in [3.05, 3.63) is 35.4 Å². The van der Waals surface area contributed by atoms with Crippen molar-refractivity contribution < 1.29 is 29.0 Å². The Morgan fingerprint density at radius 2 is 1.75 bits per heavy atom. The number of imide groups is 1. The highest BCUT2D eigenvalue weighted by Crippen LogP contribution is 2.22. The summed E-state index contributed by atoms with van der Waals surface area (Å²) in [6.45, 7) is 0.987. The van der Waals surface area contributed by atoms with E-state index in [1.54, 1.807) is 24.3 Å². The summed E-state index contributed by atoms with van der Waals surface area (Å²) in [5.41, 5.74) is -0.969. The van der Waals surface area contributed by atoms with Crippen molar-refractivity contribution in [1.29, 1.82) is 0 Å². The number of ether oxygens (including phenoxy) is 1. The van der Waals surface area contributed by atoms with Gasteiger partial charge in [-0.1, -0.05) is 12.1 Å². The molecule has 1 aliphatic heterocycles. The average Bonchev–Trinajstić information content (AvgIpc) is 2.77. The summed E-state index contributed by atoms with van der Waals surface area (Å²) in [5.74, 6) is -2.74. The number of carboxylic acids is 1. The highest BCUT2D eigenvalue weighted by molar-refractivity contribution is 6.21. The molecule has 1 heterocycles. The number of hydrogen-bond acceptors (Lipinski definition) is 5. The summed E-state index contributed by atoms with van der Waals surface area (Å²) >= 11 is 0. The van der Waals surface area contributed by atoms with E-state index < -0.39 is 29.2 Å². The van der Waals surface area contributed by atoms with Gasteiger partial charge in [0.15, 0.2) is 5.54 Å². The smallest absolute Gasteiger partial charge is 0.331 e. The third-order valence-electron chi connectivity index (χ3n) is 3.76. The van der Waals surface area contributed by atoms with Crippen molar-refractivity contribution in [2.45, 2.75) is 18.9 Å². The SMILES string of the molecule is COCC(C)(NC(=O)CCN1C(=O)c2ccccc2C1=O)C(=O)O. The van der Waals surface area contributed by atoms with Gasteiger partial charge in [-0.2, -0.15) is 0 Å². The van der Waals surface area contributed by atoms with Crippen LogP contribution >= 0.6 is 0 Å². The van der Waals surface area contributed by atoms with Crippen molar-refractivity contribution in [2.24, 2.45) is 0 Å². The summed E-state index contributed by atoms with van der Waals surface area (Å²) < 4.78 is 4.81. The van der Waals surface area contributed by atoms with Crippen LogP contribution in [0.3, 0.4) is 0 Å². The molecule has 1 aliphatic rings. The largest absolute Gasteiger partial charge is 0.479 e. The van der Waals surface area contributed by atoms with Crippen molar-refractivity contribution in [2.75, 3.05) is 20.3 Å². The standard InChI is InChI=1S/C16H18N2O6/c1-16(9-24-2,15(22)23)17-12(19)7-8-18-13(20)10-5-3-4-6-11(10)14(18)21/h3-6H,7-9H2,1-2H3,(H,17,19)(H,22,23). The second kappa shape index (κ2) is 6.79. The summed E-state index contributed by atoms with van der Waals surface area (Å²) in [7, 11) is 1.33. The fraction of sp³-hybridized carbons (Fsp3) is 0.375. The first kappa shape index (κ1) is 17.6. The molecular formula is C16H18N2O6. The molecule has 0 radical (unpaired) electrons. The Morgan fingerprint density at radius 3 is 2.21 bits per heavy atom. The zero-order chi connectivity index (χ0) is 17.9. The number of methoxy groups -OCH3 is 1. The van der Waals surface area contributed by atoms with Gasteiger partial charge in [0.25, 0.3) is 11.8 Å². The maximum atomic E-state index is 12.2. The molecule has 0 fully saturated rings. The Kier molecular flexibility index (Phi) is 4.99. The van der Waals surface area contributed by atoms with Crippen LogP contribution in [0.5, 0.6) is 0 Å². The predicted octanol–water partition coefficient (Wildman–Crippen LogP) is 0.279. The van der Waals surface area contributed by atoms with Gasteiger partial charge in [-0.25, -0.2) is 4.79 Å². The molecule has 0 aromatic heterocycles. The van der Waals surface area contributed by atoms with E-state index in [0.717, 1.165) is 4.90 Å². The molecule has 2 rings (SSSR count). The number of carboxylic acid groups (broad SMARTS) is 1. The van der Waals surface area contributed by atoms with Gasteiger partial charge in [-0.15, -0.1) is 0 Å². The third kappa shape index (κ3) is 3.28. The van der Waals surface area contributed by atoms with E-state index in [4.69, 9.17) is 4.74 Å². The number of nitrogens with one attached hydrogen (secondary N) is 1. The minimum Gasteiger partial charge on any atom is -0.479 e. The van der Waals surface area contributed by atoms with Crippen molar-refractivity contribution in [3.8, 4) is 0 Å². The highest BCUT2D eigenvalue weighted by atomic mass is 16.5. The maximum absolute atomic E-state index is 12.2. The van der Waals surface area contributed by atoms with Gasteiger partial charge >= 0.3 is 5.97 Å². The van der Waals surface area contributed by atoms with Gasteiger partial charge in [0.2, 0.25) is 5.91 Å². The number of aliphatic carboxylic acids is 1. The van der Waals surface area contributed by atoms with Crippen LogP contribution in [0.1, 0.15) is 34.1 Å². The van der Waals surface area contributed by atoms with E-state index >= 15 is 0 Å². The molecule has 1 unspecified atom stereocenters. The van der Waals surface area contributed by atoms with Crippen LogP contribution in [-0.2, 0) is 14.3 Å². The maximum Gasteiger partial charge on any atom is 0.331 e. The first-order valence-electron chi connectivity index (χ1n) is 7.28. The van der Waals surface area contributed by atoms with Crippen LogP contribution in [0.4, 0.5) is 0 Å². The second-order valence-electron chi connectivity index (χ2n) is 5.68. The third-order valence-corrected chi connectivity index (χ3v) is 3.76. The van der Waals surface area contributed by atoms with Gasteiger partial charge in [-0.05, 0) is 19.1 Å². The monoisotopic (exact) mass is 334 g/mol. The Morgan fingerprint density at radius 1 is 1.21 bits per heavy atom. The lowest BCUT2D eigenvalue weighted by Crippen LogP contribution is -2.55. The number of fused-ring (bicyclic) bond motifs is 1. The zero-order valence-corrected chi connectivity index (χ0v) is 13.4. The number of nitrogens with zero attached hydrogens (tertiary/aromatic N) is 1. The number of carbonyl (C=O) groups is 4. The normalized spacial score (nSPS) is 15.8. The fourth-order valence-corrected chi connectivity index (χ4v) is 2.47. The first-order valence-corrected chi connectivity index (χ1v) is 7.28. The van der Waals surface area contributed by atoms with E-state index in [1.807, 2.05) is 0 Å². The zero-order valence-electron chi connectivity index (χ0n) is 13.4. The molecule has 1 atom stereocenters. The molecule has 8 nitrogen and oxygen atoms in total. The number of hydrogen-bond donors (Lipinski definition) is 2. The van der Waals surface area contributed by atoms with Gasteiger partial charge in [0.1, 0.15) is 0 Å². The molecular weight excluding hydrogens is 316 g/mol. The quantitative estimate of drug-likeness (QED) is 0.693. The van der Waals surface area contributed by atoms with Crippen LogP contribution in [0, 0.1) is 0 Å². The van der Waals surface area contributed by atoms with Crippen molar-refractivity contribution in [3.63, 3.8) is 0 Å². The summed E-state index contributed by atoms with van der Waals surface area (Å²) in [5, 5.41) is 11.5. The molecule has 0 aliphatic carbocycles. The van der Waals surface area contributed by atoms with E-state index in [2.05, 4.69) is 5.32 Å². The fourth-order valence-electron chi connectivity index (χ4n) is 2.47. The summed E-state index contributed by atoms with van der Waals surface area (Å²) in [4.78, 5) is 48.6. The van der Waals surface area contributed by atoms with Crippen LogP contribution in [0.25, 0.3) is 0 Å². The molecule has 2 N–H and O–H groups in total. The minimum atomic E-state index is -1.58. The molecule has 1 aromatic carbocycles. The highest BCUT2D eigenvalue weighted by Gasteiger charge is 2.37. The van der Waals surface area contributed by atoms with E-state index in [1.165, 1.54) is 14.0 Å². The Bertz CT molecular complexity index is 667. The average molecular weight is 334 g/mol. The lowest BCUT2D eigenvalue weighted by molar-refractivity contribution is -0.149. The van der Waals surface area contributed by atoms with Crippen LogP contribution in [0.2, 0.25) is 0 Å². The first-order chi connectivity index (χ1) is 11.3. The van der Waals surface area contributed by atoms with Crippen LogP contribution in [-0.4, -0.2) is 59.5 Å². The summed E-state index contributed by atoms with van der Waals surface area (Å²) in [6, 6.07) is 6.41. The van der Waals surface area contributed by atoms with Crippen LogP contribution in [0.15, 0.2) is 24.3 Å². The lowest BCUT2D eigenvalue weighted by Gasteiger charge is -2.25. The Labute approximate surface area is 138 Å². The van der Waals surface area contributed by atoms with Crippen molar-refractivity contribution in [1.82, 2.24) is 10.2 Å². The molecule has 3 amide bonds. The van der Waals surface area contributed by atoms with Gasteiger partial charge in [-0.3, -0.25) is 19.3 Å². The predicted molar refractivity (Wildman–Crippen MR) is 82.5 cm³/mol. The molecule has 0 saturated heterocycles. The molecule has 0 bridgehead atoms. The number of amides is 3. The van der Waals surface area contributed by atoms with Gasteiger partial charge < -0.3 is 15.2 Å². The number of carbonyl (C=O) groups excluding carboxylic acids is 3. The van der Waals surface area contributed by atoms with Crippen molar-refractivity contribution >= 4 is 23.7 Å². The lowest BCUT2D eigenvalue weighted by atomic mass is 10.0. The molecule has 1 aromatic rings. The number of rotatable bonds is 7. The van der Waals surface area contributed by atoms with E-state index in [9.17, 15) is 24.3 Å². The Hall–Kier alpha value is -2.74. The van der Waals surface area contributed by atoms with Gasteiger partial charge in [0.05, 0.1) is 17.7 Å². The minimum absolute atomic E-state index is 0.124. The molecule has 24 heavy (non-hydrogen) atoms. The molecule has 128 valence electrons. The van der Waals surface area contributed by atoms with Gasteiger partial charge in [0, 0.05) is 20.1 Å². The molecule has 0 saturated carbocycles. The topological polar surface area (TPSA) is 113 Å². The second-order valence-corrected chi connectivity index (χ2v) is 5.68.